The highest BCUT2D eigenvalue weighted by Gasteiger charge is 2.68. The maximum absolute atomic E-state index is 13.5. The summed E-state index contributed by atoms with van der Waals surface area (Å²) >= 11 is 0. The Morgan fingerprint density at radius 3 is 2.71 bits per heavy atom. The SMILES string of the molecule is C[C@]12CC(C=N)=C(N)C=C1CC[C@@H]1C2C(=O)C[C@@]2(C)C1CC[C@]2(O)C(=O)CO. The predicted octanol–water partition coefficient (Wildman–Crippen LogP) is 1.89. The minimum absolute atomic E-state index is 0.0701. The molecule has 5 N–H and O–H groups in total. The maximum atomic E-state index is 13.5. The number of aliphatic hydroxyl groups is 2. The molecule has 0 aromatic carbocycles. The van der Waals surface area contributed by atoms with E-state index < -0.39 is 23.4 Å². The number of Topliss-reactive ketones (excluding diaryl/α,β-unsaturated/α-hetero) is 2. The Bertz CT molecular complexity index is 830. The molecule has 6 atom stereocenters. The molecule has 152 valence electrons. The third-order valence-electron chi connectivity index (χ3n) is 8.62. The molecule has 6 nitrogen and oxygen atoms in total. The third kappa shape index (κ3) is 2.25. The van der Waals surface area contributed by atoms with E-state index in [1.54, 1.807) is 0 Å². The molecular formula is C22H30N2O4. The summed E-state index contributed by atoms with van der Waals surface area (Å²) in [6.07, 6.45) is 6.68. The van der Waals surface area contributed by atoms with Crippen LogP contribution in [0.2, 0.25) is 0 Å². The van der Waals surface area contributed by atoms with Crippen molar-refractivity contribution < 1.29 is 19.8 Å². The molecule has 0 bridgehead atoms. The van der Waals surface area contributed by atoms with Crippen molar-refractivity contribution in [2.24, 2.45) is 34.3 Å². The summed E-state index contributed by atoms with van der Waals surface area (Å²) < 4.78 is 0. The standard InChI is InChI=1S/C22H30N2O4/c1-20-8-12(10-23)16(24)7-13(20)3-4-14-15-5-6-22(28,18(27)11-25)21(15,2)9-17(26)19(14)20/h7,10,14-15,19,23,25,28H,3-6,8-9,11,24H2,1-2H3/t14-,15?,19?,20-,21-,22-/m0/s1. The van der Waals surface area contributed by atoms with E-state index in [9.17, 15) is 19.8 Å². The molecule has 0 aromatic rings. The van der Waals surface area contributed by atoms with E-state index >= 15 is 0 Å². The van der Waals surface area contributed by atoms with E-state index in [0.717, 1.165) is 18.4 Å². The number of carbonyl (C=O) groups excluding carboxylic acids is 2. The van der Waals surface area contributed by atoms with Gasteiger partial charge >= 0.3 is 0 Å². The Labute approximate surface area is 165 Å². The van der Waals surface area contributed by atoms with Gasteiger partial charge in [-0.3, -0.25) is 9.59 Å². The van der Waals surface area contributed by atoms with E-state index in [0.29, 0.717) is 25.0 Å². The van der Waals surface area contributed by atoms with Gasteiger partial charge in [-0.2, -0.15) is 0 Å². The molecule has 0 aliphatic heterocycles. The van der Waals surface area contributed by atoms with Crippen LogP contribution >= 0.6 is 0 Å². The second-order valence-corrected chi connectivity index (χ2v) is 9.72. The second-order valence-electron chi connectivity index (χ2n) is 9.72. The number of fused-ring (bicyclic) bond motifs is 5. The average Bonchev–Trinajstić information content (AvgIpc) is 2.92. The van der Waals surface area contributed by atoms with Crippen molar-refractivity contribution in [1.29, 1.82) is 5.41 Å². The lowest BCUT2D eigenvalue weighted by molar-refractivity contribution is -0.169. The van der Waals surface area contributed by atoms with Gasteiger partial charge in [-0.15, -0.1) is 0 Å². The Morgan fingerprint density at radius 2 is 2.07 bits per heavy atom. The molecule has 4 rings (SSSR count). The van der Waals surface area contributed by atoms with Gasteiger partial charge in [-0.05, 0) is 55.6 Å². The zero-order chi connectivity index (χ0) is 20.5. The summed E-state index contributed by atoms with van der Waals surface area (Å²) in [6, 6.07) is 0. The molecule has 4 aliphatic rings. The van der Waals surface area contributed by atoms with Gasteiger partial charge < -0.3 is 21.4 Å². The van der Waals surface area contributed by atoms with E-state index in [-0.39, 0.29) is 35.4 Å². The minimum Gasteiger partial charge on any atom is -0.398 e. The molecule has 28 heavy (non-hydrogen) atoms. The first kappa shape index (κ1) is 19.5. The molecule has 0 amide bonds. The van der Waals surface area contributed by atoms with Crippen LogP contribution < -0.4 is 5.73 Å². The van der Waals surface area contributed by atoms with Crippen molar-refractivity contribution in [3.63, 3.8) is 0 Å². The van der Waals surface area contributed by atoms with Crippen LogP contribution in [0.25, 0.3) is 0 Å². The largest absolute Gasteiger partial charge is 0.398 e. The van der Waals surface area contributed by atoms with Gasteiger partial charge in [0.1, 0.15) is 18.0 Å². The minimum atomic E-state index is -1.62. The predicted molar refractivity (Wildman–Crippen MR) is 105 cm³/mol. The lowest BCUT2D eigenvalue weighted by Crippen LogP contribution is -2.60. The van der Waals surface area contributed by atoms with Gasteiger partial charge in [-0.1, -0.05) is 19.4 Å². The maximum Gasteiger partial charge on any atom is 0.190 e. The summed E-state index contributed by atoms with van der Waals surface area (Å²) in [7, 11) is 0. The average molecular weight is 386 g/mol. The molecule has 3 fully saturated rings. The van der Waals surface area contributed by atoms with Gasteiger partial charge in [0, 0.05) is 35.1 Å². The highest BCUT2D eigenvalue weighted by molar-refractivity contribution is 5.92. The number of ketones is 2. The van der Waals surface area contributed by atoms with Crippen LogP contribution in [0.3, 0.4) is 0 Å². The molecular weight excluding hydrogens is 356 g/mol. The highest BCUT2D eigenvalue weighted by atomic mass is 16.3. The van der Waals surface area contributed by atoms with Crippen molar-refractivity contribution in [2.75, 3.05) is 6.61 Å². The fraction of sp³-hybridized carbons (Fsp3) is 0.682. The zero-order valence-corrected chi connectivity index (χ0v) is 16.6. The summed E-state index contributed by atoms with van der Waals surface area (Å²) in [5.74, 6) is -0.486. The topological polar surface area (TPSA) is 124 Å². The van der Waals surface area contributed by atoms with Crippen LogP contribution in [-0.2, 0) is 9.59 Å². The van der Waals surface area contributed by atoms with Crippen LogP contribution in [0, 0.1) is 34.0 Å². The Balaban J connectivity index is 1.75. The third-order valence-corrected chi connectivity index (χ3v) is 8.62. The summed E-state index contributed by atoms with van der Waals surface area (Å²) in [5.41, 5.74) is 5.89. The van der Waals surface area contributed by atoms with Crippen LogP contribution in [0.15, 0.2) is 22.9 Å². The van der Waals surface area contributed by atoms with E-state index in [2.05, 4.69) is 6.92 Å². The van der Waals surface area contributed by atoms with Crippen molar-refractivity contribution in [2.45, 2.75) is 58.0 Å². The number of aliphatic hydroxyl groups excluding tert-OH is 1. The number of hydrogen-bond donors (Lipinski definition) is 4. The van der Waals surface area contributed by atoms with E-state index in [1.165, 1.54) is 11.8 Å². The summed E-state index contributed by atoms with van der Waals surface area (Å²) in [5, 5.41) is 28.3. The first-order chi connectivity index (χ1) is 13.1. The van der Waals surface area contributed by atoms with Crippen molar-refractivity contribution in [1.82, 2.24) is 0 Å². The normalized spacial score (nSPS) is 45.1. The molecule has 0 radical (unpaired) electrons. The molecule has 3 saturated carbocycles. The Morgan fingerprint density at radius 1 is 1.36 bits per heavy atom. The van der Waals surface area contributed by atoms with Crippen molar-refractivity contribution in [3.8, 4) is 0 Å². The number of rotatable bonds is 3. The number of hydrogen-bond acceptors (Lipinski definition) is 6. The van der Waals surface area contributed by atoms with E-state index in [1.807, 2.05) is 13.0 Å². The molecule has 0 aromatic heterocycles. The van der Waals surface area contributed by atoms with Crippen LogP contribution in [0.5, 0.6) is 0 Å². The molecule has 0 spiro atoms. The number of nitrogens with two attached hydrogens (primary N) is 1. The molecule has 6 heteroatoms. The van der Waals surface area contributed by atoms with Gasteiger partial charge in [-0.25, -0.2) is 0 Å². The Hall–Kier alpha value is -1.79. The lowest BCUT2D eigenvalue weighted by Gasteiger charge is -2.57. The lowest BCUT2D eigenvalue weighted by atomic mass is 9.45. The first-order valence-electron chi connectivity index (χ1n) is 10.2. The molecule has 0 saturated heterocycles. The zero-order valence-electron chi connectivity index (χ0n) is 16.6. The highest BCUT2D eigenvalue weighted by Crippen LogP contribution is 2.66. The van der Waals surface area contributed by atoms with Gasteiger partial charge in [0.05, 0.1) is 0 Å². The number of nitrogens with one attached hydrogen (secondary N) is 1. The quantitative estimate of drug-likeness (QED) is 0.551. The summed E-state index contributed by atoms with van der Waals surface area (Å²) in [4.78, 5) is 25.9. The van der Waals surface area contributed by atoms with E-state index in [4.69, 9.17) is 11.1 Å². The number of carbonyl (C=O) groups is 2. The first-order valence-corrected chi connectivity index (χ1v) is 10.2. The molecule has 2 unspecified atom stereocenters. The Kier molecular flexibility index (Phi) is 4.25. The van der Waals surface area contributed by atoms with Gasteiger partial charge in [0.25, 0.3) is 0 Å². The fourth-order valence-electron chi connectivity index (χ4n) is 7.15. The van der Waals surface area contributed by atoms with Crippen LogP contribution in [0.1, 0.15) is 52.4 Å². The molecule has 0 heterocycles. The second kappa shape index (κ2) is 6.10. The van der Waals surface area contributed by atoms with Crippen molar-refractivity contribution in [3.05, 3.63) is 22.9 Å². The monoisotopic (exact) mass is 386 g/mol. The van der Waals surface area contributed by atoms with Crippen LogP contribution in [-0.4, -0.2) is 40.2 Å². The van der Waals surface area contributed by atoms with Gasteiger partial charge in [0.15, 0.2) is 5.78 Å². The van der Waals surface area contributed by atoms with Crippen molar-refractivity contribution >= 4 is 17.8 Å². The smallest absolute Gasteiger partial charge is 0.190 e. The number of allylic oxidation sites excluding steroid dienone is 3. The molecule has 4 aliphatic carbocycles. The summed E-state index contributed by atoms with van der Waals surface area (Å²) in [6.45, 7) is 3.28. The fourth-order valence-corrected chi connectivity index (χ4v) is 7.15. The van der Waals surface area contributed by atoms with Crippen LogP contribution in [0.4, 0.5) is 0 Å². The van der Waals surface area contributed by atoms with Gasteiger partial charge in [0.2, 0.25) is 0 Å².